The van der Waals surface area contributed by atoms with Gasteiger partial charge in [0.1, 0.15) is 5.56 Å². The summed E-state index contributed by atoms with van der Waals surface area (Å²) < 4.78 is 61.8. The molecular weight excluding hydrogens is 337 g/mol. The van der Waals surface area contributed by atoms with Gasteiger partial charge in [-0.15, -0.1) is 0 Å². The second-order valence-electron chi connectivity index (χ2n) is 4.84. The zero-order valence-electron chi connectivity index (χ0n) is 11.9. The summed E-state index contributed by atoms with van der Waals surface area (Å²) in [7, 11) is -4.11. The standard InChI is InChI=1S/C13H11F3N2O4S/c1-6-10(12(20)18-17-6)11(19)8-4-3-7(13(14,15)16)5-9(8)23(2,21)22/h3-5H,1-2H3,(H2,17,18,20). The molecule has 10 heteroatoms. The number of rotatable bonds is 3. The van der Waals surface area contributed by atoms with Gasteiger partial charge in [0.15, 0.2) is 9.84 Å². The topological polar surface area (TPSA) is 100 Å². The molecule has 1 heterocycles. The molecule has 2 rings (SSSR count). The lowest BCUT2D eigenvalue weighted by molar-refractivity contribution is -0.137. The van der Waals surface area contributed by atoms with Crippen LogP contribution in [0.25, 0.3) is 0 Å². The van der Waals surface area contributed by atoms with Gasteiger partial charge in [-0.1, -0.05) is 0 Å². The molecule has 1 aromatic heterocycles. The quantitative estimate of drug-likeness (QED) is 0.827. The van der Waals surface area contributed by atoms with Crippen molar-refractivity contribution in [2.75, 3.05) is 6.26 Å². The van der Waals surface area contributed by atoms with Gasteiger partial charge in [-0.05, 0) is 25.1 Å². The molecule has 1 aromatic carbocycles. The number of aromatic hydroxyl groups is 1. The van der Waals surface area contributed by atoms with E-state index in [2.05, 4.69) is 10.2 Å². The highest BCUT2D eigenvalue weighted by molar-refractivity contribution is 7.90. The summed E-state index contributed by atoms with van der Waals surface area (Å²) >= 11 is 0. The molecule has 0 atom stereocenters. The van der Waals surface area contributed by atoms with Crippen molar-refractivity contribution in [1.29, 1.82) is 0 Å². The number of alkyl halides is 3. The number of sulfone groups is 1. The molecule has 0 aliphatic rings. The van der Waals surface area contributed by atoms with E-state index in [1.165, 1.54) is 6.92 Å². The van der Waals surface area contributed by atoms with Crippen molar-refractivity contribution < 1.29 is 31.5 Å². The smallest absolute Gasteiger partial charge is 0.416 e. The lowest BCUT2D eigenvalue weighted by Crippen LogP contribution is -2.13. The molecule has 2 N–H and O–H groups in total. The number of aromatic amines is 1. The van der Waals surface area contributed by atoms with Gasteiger partial charge in [-0.3, -0.25) is 4.79 Å². The van der Waals surface area contributed by atoms with E-state index in [4.69, 9.17) is 0 Å². The Hall–Kier alpha value is -2.36. The molecule has 124 valence electrons. The fraction of sp³-hybridized carbons (Fsp3) is 0.231. The number of aromatic nitrogens is 2. The number of halogens is 3. The maximum absolute atomic E-state index is 12.8. The number of nitrogens with zero attached hydrogens (tertiary/aromatic N) is 1. The lowest BCUT2D eigenvalue weighted by atomic mass is 10.0. The predicted molar refractivity (Wildman–Crippen MR) is 73.0 cm³/mol. The average Bonchev–Trinajstić information content (AvgIpc) is 2.75. The minimum Gasteiger partial charge on any atom is -0.493 e. The second kappa shape index (κ2) is 5.37. The Bertz CT molecular complexity index is 866. The van der Waals surface area contributed by atoms with E-state index in [0.29, 0.717) is 18.4 Å². The van der Waals surface area contributed by atoms with E-state index in [1.807, 2.05) is 0 Å². The monoisotopic (exact) mass is 348 g/mol. The number of hydrogen-bond donors (Lipinski definition) is 2. The van der Waals surface area contributed by atoms with Crippen LogP contribution in [0.2, 0.25) is 0 Å². The third-order valence-corrected chi connectivity index (χ3v) is 4.24. The Kier molecular flexibility index (Phi) is 3.97. The molecule has 6 nitrogen and oxygen atoms in total. The molecule has 0 amide bonds. The summed E-state index contributed by atoms with van der Waals surface area (Å²) in [6, 6.07) is 1.77. The van der Waals surface area contributed by atoms with Crippen LogP contribution in [0.3, 0.4) is 0 Å². The number of carbonyl (C=O) groups is 1. The molecule has 0 saturated heterocycles. The first-order valence-electron chi connectivity index (χ1n) is 6.13. The van der Waals surface area contributed by atoms with Crippen molar-refractivity contribution in [3.05, 3.63) is 40.6 Å². The maximum atomic E-state index is 12.8. The summed E-state index contributed by atoms with van der Waals surface area (Å²) in [5, 5.41) is 15.3. The van der Waals surface area contributed by atoms with E-state index >= 15 is 0 Å². The molecule has 0 spiro atoms. The van der Waals surface area contributed by atoms with Gasteiger partial charge in [0.05, 0.1) is 16.2 Å². The molecule has 0 saturated carbocycles. The molecule has 0 fully saturated rings. The Morgan fingerprint density at radius 1 is 1.30 bits per heavy atom. The number of benzene rings is 1. The van der Waals surface area contributed by atoms with Gasteiger partial charge in [0.25, 0.3) is 0 Å². The van der Waals surface area contributed by atoms with E-state index in [-0.39, 0.29) is 11.3 Å². The zero-order valence-corrected chi connectivity index (χ0v) is 12.7. The molecule has 0 radical (unpaired) electrons. The number of carbonyl (C=O) groups excluding carboxylic acids is 1. The Morgan fingerprint density at radius 2 is 1.91 bits per heavy atom. The van der Waals surface area contributed by atoms with E-state index in [0.717, 1.165) is 6.07 Å². The SMILES string of the molecule is Cc1n[nH]c(O)c1C(=O)c1ccc(C(F)(F)F)cc1S(C)(=O)=O. The van der Waals surface area contributed by atoms with Gasteiger partial charge in [0, 0.05) is 11.8 Å². The predicted octanol–water partition coefficient (Wildman–Crippen LogP) is 2.08. The molecular formula is C13H11F3N2O4S. The van der Waals surface area contributed by atoms with Gasteiger partial charge in [-0.2, -0.15) is 18.3 Å². The second-order valence-corrected chi connectivity index (χ2v) is 6.83. The number of hydrogen-bond acceptors (Lipinski definition) is 5. The fourth-order valence-electron chi connectivity index (χ4n) is 2.02. The van der Waals surface area contributed by atoms with Crippen LogP contribution in [-0.2, 0) is 16.0 Å². The summed E-state index contributed by atoms with van der Waals surface area (Å²) in [6.45, 7) is 1.38. The van der Waals surface area contributed by atoms with Gasteiger partial charge >= 0.3 is 6.18 Å². The van der Waals surface area contributed by atoms with Crippen molar-refractivity contribution in [2.45, 2.75) is 18.0 Å². The van der Waals surface area contributed by atoms with Crippen LogP contribution >= 0.6 is 0 Å². The molecule has 23 heavy (non-hydrogen) atoms. The van der Waals surface area contributed by atoms with Crippen molar-refractivity contribution >= 4 is 15.6 Å². The summed E-state index contributed by atoms with van der Waals surface area (Å²) in [5.74, 6) is -1.53. The molecule has 2 aromatic rings. The minimum absolute atomic E-state index is 0.0897. The summed E-state index contributed by atoms with van der Waals surface area (Å²) in [6.07, 6.45) is -4.06. The average molecular weight is 348 g/mol. The lowest BCUT2D eigenvalue weighted by Gasteiger charge is -2.12. The third-order valence-electron chi connectivity index (χ3n) is 3.11. The number of H-pyrrole nitrogens is 1. The third kappa shape index (κ3) is 3.21. The van der Waals surface area contributed by atoms with Crippen LogP contribution < -0.4 is 0 Å². The number of ketones is 1. The highest BCUT2D eigenvalue weighted by atomic mass is 32.2. The Morgan fingerprint density at radius 3 is 2.35 bits per heavy atom. The van der Waals surface area contributed by atoms with Gasteiger partial charge in [-0.25, -0.2) is 13.5 Å². The van der Waals surface area contributed by atoms with Crippen LogP contribution in [0, 0.1) is 6.92 Å². The molecule has 0 bridgehead atoms. The summed E-state index contributed by atoms with van der Waals surface area (Å²) in [4.78, 5) is 11.6. The highest BCUT2D eigenvalue weighted by Crippen LogP contribution is 2.33. The van der Waals surface area contributed by atoms with Crippen molar-refractivity contribution in [1.82, 2.24) is 10.2 Å². The fourth-order valence-corrected chi connectivity index (χ4v) is 2.92. The maximum Gasteiger partial charge on any atom is 0.416 e. The number of nitrogens with one attached hydrogen (secondary N) is 1. The first kappa shape index (κ1) is 17.0. The van der Waals surface area contributed by atoms with Gasteiger partial charge in [0.2, 0.25) is 11.7 Å². The van der Waals surface area contributed by atoms with E-state index in [1.54, 1.807) is 0 Å². The highest BCUT2D eigenvalue weighted by Gasteiger charge is 2.33. The van der Waals surface area contributed by atoms with Crippen LogP contribution in [0.4, 0.5) is 13.2 Å². The normalized spacial score (nSPS) is 12.4. The Balaban J connectivity index is 2.71. The van der Waals surface area contributed by atoms with Crippen LogP contribution in [0.5, 0.6) is 5.88 Å². The Labute approximate surface area is 128 Å². The van der Waals surface area contributed by atoms with E-state index in [9.17, 15) is 31.5 Å². The minimum atomic E-state index is -4.76. The van der Waals surface area contributed by atoms with E-state index < -0.39 is 43.7 Å². The largest absolute Gasteiger partial charge is 0.493 e. The summed E-state index contributed by atoms with van der Waals surface area (Å²) in [5.41, 5.74) is -1.87. The van der Waals surface area contributed by atoms with Crippen LogP contribution in [0.1, 0.15) is 27.2 Å². The van der Waals surface area contributed by atoms with Crippen molar-refractivity contribution in [3.8, 4) is 5.88 Å². The van der Waals surface area contributed by atoms with Crippen LogP contribution in [0.15, 0.2) is 23.1 Å². The van der Waals surface area contributed by atoms with Gasteiger partial charge < -0.3 is 5.11 Å². The number of aryl methyl sites for hydroxylation is 1. The first-order chi connectivity index (χ1) is 10.4. The zero-order chi connectivity index (χ0) is 17.6. The molecule has 0 unspecified atom stereocenters. The first-order valence-corrected chi connectivity index (χ1v) is 8.02. The van der Waals surface area contributed by atoms with Crippen molar-refractivity contribution in [2.24, 2.45) is 0 Å². The van der Waals surface area contributed by atoms with Crippen LogP contribution in [-0.4, -0.2) is 35.8 Å². The molecule has 0 aliphatic carbocycles. The van der Waals surface area contributed by atoms with Crippen molar-refractivity contribution in [3.63, 3.8) is 0 Å². The molecule has 0 aliphatic heterocycles.